The fraction of sp³-hybridized carbons (Fsp3) is 0.333. The Bertz CT molecular complexity index is 531. The maximum atomic E-state index is 10.3. The predicted octanol–water partition coefficient (Wildman–Crippen LogP) is 3.65. The van der Waals surface area contributed by atoms with Crippen LogP contribution in [0.1, 0.15) is 27.0 Å². The Kier molecular flexibility index (Phi) is 4.04. The van der Waals surface area contributed by atoms with Gasteiger partial charge in [0.15, 0.2) is 0 Å². The number of aryl methyl sites for hydroxylation is 2. The molecule has 0 bridgehead atoms. The zero-order valence-electron chi connectivity index (χ0n) is 10.9. The van der Waals surface area contributed by atoms with Gasteiger partial charge in [0.1, 0.15) is 5.75 Å². The molecule has 0 radical (unpaired) electrons. The van der Waals surface area contributed by atoms with Crippen molar-refractivity contribution < 1.29 is 9.84 Å². The topological polar surface area (TPSA) is 29.5 Å². The lowest BCUT2D eigenvalue weighted by Gasteiger charge is -2.11. The molecule has 0 saturated heterocycles. The van der Waals surface area contributed by atoms with E-state index in [0.717, 1.165) is 16.9 Å². The van der Waals surface area contributed by atoms with Crippen molar-refractivity contribution in [2.24, 2.45) is 0 Å². The quantitative estimate of drug-likeness (QED) is 0.911. The molecule has 96 valence electrons. The smallest absolute Gasteiger partial charge is 0.119 e. The van der Waals surface area contributed by atoms with Gasteiger partial charge in [-0.2, -0.15) is 0 Å². The Morgan fingerprint density at radius 1 is 1.28 bits per heavy atom. The fourth-order valence-corrected chi connectivity index (χ4v) is 3.10. The molecule has 0 aliphatic carbocycles. The number of hydrogen-bond donors (Lipinski definition) is 1. The molecule has 18 heavy (non-hydrogen) atoms. The van der Waals surface area contributed by atoms with Gasteiger partial charge < -0.3 is 9.84 Å². The SMILES string of the molecule is COc1cccc(CC(O)c2cc(C)sc2C)c1. The van der Waals surface area contributed by atoms with Crippen LogP contribution in [0.25, 0.3) is 0 Å². The van der Waals surface area contributed by atoms with E-state index in [1.165, 1.54) is 9.75 Å². The maximum absolute atomic E-state index is 10.3. The molecule has 2 nitrogen and oxygen atoms in total. The van der Waals surface area contributed by atoms with Gasteiger partial charge >= 0.3 is 0 Å². The molecule has 2 aromatic rings. The van der Waals surface area contributed by atoms with Gasteiger partial charge in [-0.05, 0) is 43.2 Å². The van der Waals surface area contributed by atoms with Crippen molar-refractivity contribution >= 4 is 11.3 Å². The Morgan fingerprint density at radius 3 is 2.67 bits per heavy atom. The molecular formula is C15H18O2S. The van der Waals surface area contributed by atoms with E-state index >= 15 is 0 Å². The Morgan fingerprint density at radius 2 is 2.06 bits per heavy atom. The number of aliphatic hydroxyl groups is 1. The summed E-state index contributed by atoms with van der Waals surface area (Å²) in [6.45, 7) is 4.13. The highest BCUT2D eigenvalue weighted by atomic mass is 32.1. The van der Waals surface area contributed by atoms with Crippen LogP contribution in [0, 0.1) is 13.8 Å². The lowest BCUT2D eigenvalue weighted by atomic mass is 10.0. The monoisotopic (exact) mass is 262 g/mol. The maximum Gasteiger partial charge on any atom is 0.119 e. The van der Waals surface area contributed by atoms with E-state index in [4.69, 9.17) is 4.74 Å². The summed E-state index contributed by atoms with van der Waals surface area (Å²) in [4.78, 5) is 2.44. The summed E-state index contributed by atoms with van der Waals surface area (Å²) in [5, 5.41) is 10.3. The number of rotatable bonds is 4. The van der Waals surface area contributed by atoms with Crippen LogP contribution >= 0.6 is 11.3 Å². The first-order valence-corrected chi connectivity index (χ1v) is 6.79. The van der Waals surface area contributed by atoms with Crippen molar-refractivity contribution in [3.63, 3.8) is 0 Å². The summed E-state index contributed by atoms with van der Waals surface area (Å²) < 4.78 is 5.19. The summed E-state index contributed by atoms with van der Waals surface area (Å²) in [7, 11) is 1.65. The first-order chi connectivity index (χ1) is 8.60. The third-order valence-corrected chi connectivity index (χ3v) is 3.98. The molecule has 0 spiro atoms. The second-order valence-electron chi connectivity index (χ2n) is 4.44. The van der Waals surface area contributed by atoms with Crippen LogP contribution in [0.2, 0.25) is 0 Å². The number of thiophene rings is 1. The van der Waals surface area contributed by atoms with E-state index in [1.807, 2.05) is 24.3 Å². The molecule has 2 rings (SSSR count). The highest BCUT2D eigenvalue weighted by Crippen LogP contribution is 2.29. The minimum Gasteiger partial charge on any atom is -0.497 e. The molecule has 0 saturated carbocycles. The number of hydrogen-bond acceptors (Lipinski definition) is 3. The minimum atomic E-state index is -0.443. The minimum absolute atomic E-state index is 0.443. The number of ether oxygens (including phenoxy) is 1. The van der Waals surface area contributed by atoms with E-state index in [0.29, 0.717) is 6.42 Å². The van der Waals surface area contributed by atoms with Gasteiger partial charge in [0, 0.05) is 16.2 Å². The summed E-state index contributed by atoms with van der Waals surface area (Å²) in [6, 6.07) is 9.92. The van der Waals surface area contributed by atoms with Crippen molar-refractivity contribution in [3.05, 3.63) is 51.2 Å². The first kappa shape index (κ1) is 13.1. The van der Waals surface area contributed by atoms with Gasteiger partial charge in [0.05, 0.1) is 13.2 Å². The normalized spacial score (nSPS) is 12.4. The Hall–Kier alpha value is -1.32. The molecule has 1 heterocycles. The van der Waals surface area contributed by atoms with E-state index in [9.17, 15) is 5.11 Å². The molecule has 0 fully saturated rings. The van der Waals surface area contributed by atoms with Crippen molar-refractivity contribution in [2.75, 3.05) is 7.11 Å². The van der Waals surface area contributed by atoms with Crippen LogP contribution in [0.4, 0.5) is 0 Å². The van der Waals surface area contributed by atoms with E-state index in [-0.39, 0.29) is 0 Å². The van der Waals surface area contributed by atoms with Gasteiger partial charge in [-0.25, -0.2) is 0 Å². The Labute approximate surface area is 112 Å². The molecule has 0 aliphatic rings. The fourth-order valence-electron chi connectivity index (χ4n) is 2.11. The van der Waals surface area contributed by atoms with Gasteiger partial charge in [-0.15, -0.1) is 11.3 Å². The molecule has 1 atom stereocenters. The predicted molar refractivity (Wildman–Crippen MR) is 75.5 cm³/mol. The average Bonchev–Trinajstić information content (AvgIpc) is 2.69. The zero-order chi connectivity index (χ0) is 13.1. The number of aliphatic hydroxyl groups excluding tert-OH is 1. The average molecular weight is 262 g/mol. The van der Waals surface area contributed by atoms with E-state index < -0.39 is 6.10 Å². The second kappa shape index (κ2) is 5.55. The van der Waals surface area contributed by atoms with Crippen LogP contribution in [0.5, 0.6) is 5.75 Å². The lowest BCUT2D eigenvalue weighted by molar-refractivity contribution is 0.178. The highest BCUT2D eigenvalue weighted by Gasteiger charge is 2.13. The first-order valence-electron chi connectivity index (χ1n) is 5.98. The lowest BCUT2D eigenvalue weighted by Crippen LogP contribution is -2.02. The summed E-state index contributed by atoms with van der Waals surface area (Å²) >= 11 is 1.73. The molecular weight excluding hydrogens is 244 g/mol. The van der Waals surface area contributed by atoms with Crippen molar-refractivity contribution in [2.45, 2.75) is 26.4 Å². The summed E-state index contributed by atoms with van der Waals surface area (Å²) in [5.41, 5.74) is 2.13. The molecule has 0 aliphatic heterocycles. The largest absolute Gasteiger partial charge is 0.497 e. The third-order valence-electron chi connectivity index (χ3n) is 3.00. The second-order valence-corrected chi connectivity index (χ2v) is 5.90. The summed E-state index contributed by atoms with van der Waals surface area (Å²) in [5.74, 6) is 0.831. The van der Waals surface area contributed by atoms with Crippen LogP contribution in [-0.2, 0) is 6.42 Å². The standard InChI is InChI=1S/C15H18O2S/c1-10-7-14(11(2)18-10)15(16)9-12-5-4-6-13(8-12)17-3/h4-8,15-16H,9H2,1-3H3. The van der Waals surface area contributed by atoms with Crippen molar-refractivity contribution in [3.8, 4) is 5.75 Å². The molecule has 3 heteroatoms. The van der Waals surface area contributed by atoms with Gasteiger partial charge in [-0.1, -0.05) is 12.1 Å². The highest BCUT2D eigenvalue weighted by molar-refractivity contribution is 7.12. The van der Waals surface area contributed by atoms with Gasteiger partial charge in [0.2, 0.25) is 0 Å². The number of methoxy groups -OCH3 is 1. The van der Waals surface area contributed by atoms with E-state index in [1.54, 1.807) is 18.4 Å². The molecule has 1 aromatic heterocycles. The van der Waals surface area contributed by atoms with Crippen LogP contribution in [0.15, 0.2) is 30.3 Å². The Balaban J connectivity index is 2.15. The van der Waals surface area contributed by atoms with Gasteiger partial charge in [-0.3, -0.25) is 0 Å². The van der Waals surface area contributed by atoms with Gasteiger partial charge in [0.25, 0.3) is 0 Å². The van der Waals surface area contributed by atoms with Crippen molar-refractivity contribution in [1.82, 2.24) is 0 Å². The van der Waals surface area contributed by atoms with Crippen LogP contribution in [0.3, 0.4) is 0 Å². The van der Waals surface area contributed by atoms with Crippen LogP contribution < -0.4 is 4.74 Å². The van der Waals surface area contributed by atoms with Crippen LogP contribution in [-0.4, -0.2) is 12.2 Å². The molecule has 1 aromatic carbocycles. The van der Waals surface area contributed by atoms with E-state index in [2.05, 4.69) is 19.9 Å². The molecule has 1 unspecified atom stereocenters. The third kappa shape index (κ3) is 2.92. The molecule has 0 amide bonds. The molecule has 1 N–H and O–H groups in total. The zero-order valence-corrected chi connectivity index (χ0v) is 11.8. The van der Waals surface area contributed by atoms with Crippen molar-refractivity contribution in [1.29, 1.82) is 0 Å². The number of benzene rings is 1. The summed E-state index contributed by atoms with van der Waals surface area (Å²) in [6.07, 6.45) is 0.177.